The van der Waals surface area contributed by atoms with Crippen molar-refractivity contribution in [3.63, 3.8) is 0 Å². The lowest BCUT2D eigenvalue weighted by atomic mass is 10.1. The van der Waals surface area contributed by atoms with Gasteiger partial charge in [0.05, 0.1) is 0 Å². The van der Waals surface area contributed by atoms with Gasteiger partial charge in [-0.3, -0.25) is 4.99 Å². The second-order valence-corrected chi connectivity index (χ2v) is 4.43. The first-order valence-corrected chi connectivity index (χ1v) is 5.75. The molecule has 0 saturated carbocycles. The van der Waals surface area contributed by atoms with Gasteiger partial charge in [0.15, 0.2) is 17.6 Å². The summed E-state index contributed by atoms with van der Waals surface area (Å²) in [7, 11) is 7.56. The summed E-state index contributed by atoms with van der Waals surface area (Å²) in [6.07, 6.45) is 0.384. The van der Waals surface area contributed by atoms with Crippen molar-refractivity contribution >= 4 is 5.96 Å². The number of guanidine groups is 1. The number of halogens is 2. The van der Waals surface area contributed by atoms with Crippen LogP contribution in [0.3, 0.4) is 0 Å². The van der Waals surface area contributed by atoms with Crippen molar-refractivity contribution in [3.05, 3.63) is 35.4 Å². The van der Waals surface area contributed by atoms with E-state index in [1.54, 1.807) is 6.07 Å². The predicted molar refractivity (Wildman–Crippen MR) is 69.7 cm³/mol. The number of benzene rings is 1. The molecule has 0 aromatic heterocycles. The smallest absolute Gasteiger partial charge is 0.195 e. The highest BCUT2D eigenvalue weighted by Gasteiger charge is 2.08. The average molecular weight is 255 g/mol. The zero-order chi connectivity index (χ0) is 13.7. The molecule has 5 heteroatoms. The van der Waals surface area contributed by atoms with Crippen LogP contribution in [-0.4, -0.2) is 50.5 Å². The second kappa shape index (κ2) is 6.33. The fourth-order valence-electron chi connectivity index (χ4n) is 1.70. The number of aliphatic imine (C=N–C) groups is 1. The van der Waals surface area contributed by atoms with Crippen molar-refractivity contribution in [3.8, 4) is 0 Å². The number of nitrogens with zero attached hydrogens (tertiary/aromatic N) is 3. The van der Waals surface area contributed by atoms with Gasteiger partial charge in [-0.2, -0.15) is 0 Å². The molecule has 1 rings (SSSR count). The lowest BCUT2D eigenvalue weighted by molar-refractivity contribution is 0.478. The Bertz CT molecular complexity index is 418. The molecule has 0 heterocycles. The first kappa shape index (κ1) is 14.4. The van der Waals surface area contributed by atoms with E-state index in [0.29, 0.717) is 18.5 Å². The van der Waals surface area contributed by atoms with Crippen LogP contribution in [-0.2, 0) is 6.42 Å². The van der Waals surface area contributed by atoms with E-state index in [1.165, 1.54) is 6.07 Å². The fourth-order valence-corrected chi connectivity index (χ4v) is 1.70. The highest BCUT2D eigenvalue weighted by atomic mass is 19.2. The molecule has 0 aliphatic carbocycles. The molecule has 0 bridgehead atoms. The van der Waals surface area contributed by atoms with Gasteiger partial charge in [-0.05, 0) is 18.1 Å². The third-order valence-corrected chi connectivity index (χ3v) is 2.47. The summed E-state index contributed by atoms with van der Waals surface area (Å²) in [6.45, 7) is 0.423. The minimum atomic E-state index is -0.808. The van der Waals surface area contributed by atoms with Crippen LogP contribution in [0.1, 0.15) is 5.56 Å². The molecule has 0 unspecified atom stereocenters. The third-order valence-electron chi connectivity index (χ3n) is 2.47. The maximum absolute atomic E-state index is 13.4. The monoisotopic (exact) mass is 255 g/mol. The SMILES string of the molecule is CN(C)C(=NCCc1cccc(F)c1F)N(C)C. The molecule has 0 radical (unpaired) electrons. The summed E-state index contributed by atoms with van der Waals surface area (Å²) in [4.78, 5) is 8.12. The van der Waals surface area contributed by atoms with E-state index in [0.717, 1.165) is 12.0 Å². The largest absolute Gasteiger partial charge is 0.349 e. The molecule has 0 amide bonds. The van der Waals surface area contributed by atoms with Crippen LogP contribution in [0.15, 0.2) is 23.2 Å². The Hall–Kier alpha value is -1.65. The summed E-state index contributed by atoms with van der Waals surface area (Å²) in [5.41, 5.74) is 0.357. The Morgan fingerprint density at radius 3 is 2.28 bits per heavy atom. The van der Waals surface area contributed by atoms with Gasteiger partial charge >= 0.3 is 0 Å². The standard InChI is InChI=1S/C13H19F2N3/c1-17(2)13(18(3)4)16-9-8-10-6-5-7-11(14)12(10)15/h5-7H,8-9H2,1-4H3. The second-order valence-electron chi connectivity index (χ2n) is 4.43. The summed E-state index contributed by atoms with van der Waals surface area (Å²) in [5, 5.41) is 0. The number of hydrogen-bond acceptors (Lipinski definition) is 1. The van der Waals surface area contributed by atoms with Crippen LogP contribution < -0.4 is 0 Å². The van der Waals surface area contributed by atoms with Gasteiger partial charge in [-0.15, -0.1) is 0 Å². The molecular formula is C13H19F2N3. The van der Waals surface area contributed by atoms with Crippen molar-refractivity contribution in [1.29, 1.82) is 0 Å². The van der Waals surface area contributed by atoms with E-state index in [-0.39, 0.29) is 0 Å². The van der Waals surface area contributed by atoms with Crippen molar-refractivity contribution in [2.75, 3.05) is 34.7 Å². The van der Waals surface area contributed by atoms with E-state index in [1.807, 2.05) is 38.0 Å². The molecular weight excluding hydrogens is 236 g/mol. The maximum atomic E-state index is 13.4. The van der Waals surface area contributed by atoms with Crippen LogP contribution in [0.4, 0.5) is 8.78 Å². The van der Waals surface area contributed by atoms with Gasteiger partial charge < -0.3 is 9.80 Å². The molecule has 0 aliphatic rings. The minimum absolute atomic E-state index is 0.357. The van der Waals surface area contributed by atoms with Crippen molar-refractivity contribution in [2.24, 2.45) is 4.99 Å². The first-order valence-electron chi connectivity index (χ1n) is 5.75. The molecule has 0 N–H and O–H groups in total. The highest BCUT2D eigenvalue weighted by Crippen LogP contribution is 2.11. The third kappa shape index (κ3) is 3.68. The summed E-state index contributed by atoms with van der Waals surface area (Å²) < 4.78 is 26.4. The number of hydrogen-bond donors (Lipinski definition) is 0. The maximum Gasteiger partial charge on any atom is 0.195 e. The van der Waals surface area contributed by atoms with Crippen molar-refractivity contribution < 1.29 is 8.78 Å². The Balaban J connectivity index is 2.71. The van der Waals surface area contributed by atoms with Crippen LogP contribution in [0, 0.1) is 11.6 Å². The van der Waals surface area contributed by atoms with Gasteiger partial charge in [0.25, 0.3) is 0 Å². The molecule has 1 aromatic carbocycles. The summed E-state index contributed by atoms with van der Waals surface area (Å²) in [6, 6.07) is 4.21. The average Bonchev–Trinajstić information content (AvgIpc) is 2.28. The quantitative estimate of drug-likeness (QED) is 0.607. The number of rotatable bonds is 3. The molecule has 0 aliphatic heterocycles. The lowest BCUT2D eigenvalue weighted by Crippen LogP contribution is -2.35. The van der Waals surface area contributed by atoms with Crippen molar-refractivity contribution in [2.45, 2.75) is 6.42 Å². The minimum Gasteiger partial charge on any atom is -0.349 e. The van der Waals surface area contributed by atoms with E-state index in [4.69, 9.17) is 0 Å². The van der Waals surface area contributed by atoms with Crippen LogP contribution >= 0.6 is 0 Å². The molecule has 0 saturated heterocycles. The Morgan fingerprint density at radius 2 is 1.72 bits per heavy atom. The predicted octanol–water partition coefficient (Wildman–Crippen LogP) is 1.99. The zero-order valence-corrected chi connectivity index (χ0v) is 11.2. The molecule has 1 aromatic rings. The van der Waals surface area contributed by atoms with Crippen molar-refractivity contribution in [1.82, 2.24) is 9.80 Å². The zero-order valence-electron chi connectivity index (χ0n) is 11.2. The van der Waals surface area contributed by atoms with E-state index in [2.05, 4.69) is 4.99 Å². The Labute approximate surface area is 107 Å². The van der Waals surface area contributed by atoms with Crippen LogP contribution in [0.5, 0.6) is 0 Å². The summed E-state index contributed by atoms with van der Waals surface area (Å²) in [5.74, 6) is -0.785. The Morgan fingerprint density at radius 1 is 1.11 bits per heavy atom. The van der Waals surface area contributed by atoms with E-state index in [9.17, 15) is 8.78 Å². The molecule has 0 spiro atoms. The van der Waals surface area contributed by atoms with Gasteiger partial charge in [0, 0.05) is 34.7 Å². The molecule has 3 nitrogen and oxygen atoms in total. The molecule has 18 heavy (non-hydrogen) atoms. The van der Waals surface area contributed by atoms with Gasteiger partial charge in [0.2, 0.25) is 0 Å². The fraction of sp³-hybridized carbons (Fsp3) is 0.462. The molecule has 0 fully saturated rings. The first-order chi connectivity index (χ1) is 8.43. The molecule has 100 valence electrons. The van der Waals surface area contributed by atoms with Crippen LogP contribution in [0.2, 0.25) is 0 Å². The summed E-state index contributed by atoms with van der Waals surface area (Å²) >= 11 is 0. The van der Waals surface area contributed by atoms with Crippen LogP contribution in [0.25, 0.3) is 0 Å². The van der Waals surface area contributed by atoms with E-state index < -0.39 is 11.6 Å². The normalized spacial score (nSPS) is 10.1. The van der Waals surface area contributed by atoms with Gasteiger partial charge in [-0.1, -0.05) is 12.1 Å². The van der Waals surface area contributed by atoms with E-state index >= 15 is 0 Å². The lowest BCUT2D eigenvalue weighted by Gasteiger charge is -2.22. The molecule has 0 atom stereocenters. The topological polar surface area (TPSA) is 18.8 Å². The van der Waals surface area contributed by atoms with Gasteiger partial charge in [0.1, 0.15) is 0 Å². The Kier molecular flexibility index (Phi) is 5.07. The highest BCUT2D eigenvalue weighted by molar-refractivity contribution is 5.79. The van der Waals surface area contributed by atoms with Gasteiger partial charge in [-0.25, -0.2) is 8.78 Å².